The van der Waals surface area contributed by atoms with E-state index in [2.05, 4.69) is 5.32 Å². The number of hydrogen-bond donors (Lipinski definition) is 2. The highest BCUT2D eigenvalue weighted by atomic mass is 32.2. The van der Waals surface area contributed by atoms with Crippen molar-refractivity contribution in [1.29, 1.82) is 0 Å². The van der Waals surface area contributed by atoms with Crippen LogP contribution in [-0.2, 0) is 26.3 Å². The molecular weight excluding hydrogens is 390 g/mol. The lowest BCUT2D eigenvalue weighted by Crippen LogP contribution is -2.46. The predicted molar refractivity (Wildman–Crippen MR) is 111 cm³/mol. The zero-order valence-electron chi connectivity index (χ0n) is 16.2. The Labute approximate surface area is 172 Å². The standard InChI is InChI=1S/C21H27N3O4S/c22-29(26,27)24-13-11-19(12-14-24)21(25)23-20(18-9-5-2-6-10-18)16-28-15-17-7-3-1-4-8-17/h1-10,19-20H,11-16H2,(H,23,25)(H2,22,26,27). The number of nitrogens with two attached hydrogens (primary N) is 1. The zero-order valence-corrected chi connectivity index (χ0v) is 17.1. The van der Waals surface area contributed by atoms with E-state index in [0.29, 0.717) is 26.1 Å². The summed E-state index contributed by atoms with van der Waals surface area (Å²) in [5.74, 6) is -0.329. The first-order chi connectivity index (χ1) is 13.9. The molecule has 29 heavy (non-hydrogen) atoms. The van der Waals surface area contributed by atoms with Gasteiger partial charge in [0.2, 0.25) is 5.91 Å². The normalized spacial score (nSPS) is 17.0. The van der Waals surface area contributed by atoms with Crippen molar-refractivity contribution in [3.8, 4) is 0 Å². The van der Waals surface area contributed by atoms with Crippen LogP contribution in [0.15, 0.2) is 60.7 Å². The van der Waals surface area contributed by atoms with Crippen LogP contribution in [0.2, 0.25) is 0 Å². The van der Waals surface area contributed by atoms with Crippen molar-refractivity contribution < 1.29 is 17.9 Å². The Morgan fingerprint density at radius 1 is 1.07 bits per heavy atom. The molecule has 1 heterocycles. The quantitative estimate of drug-likeness (QED) is 0.686. The third-order valence-corrected chi connectivity index (χ3v) is 6.18. The molecule has 1 saturated heterocycles. The number of benzene rings is 2. The van der Waals surface area contributed by atoms with Gasteiger partial charge in [0.15, 0.2) is 0 Å². The molecule has 0 saturated carbocycles. The smallest absolute Gasteiger partial charge is 0.276 e. The Morgan fingerprint density at radius 3 is 2.24 bits per heavy atom. The fourth-order valence-electron chi connectivity index (χ4n) is 3.44. The number of hydrogen-bond acceptors (Lipinski definition) is 4. The summed E-state index contributed by atoms with van der Waals surface area (Å²) in [5.41, 5.74) is 2.04. The Balaban J connectivity index is 1.59. The first kappa shape index (κ1) is 21.4. The summed E-state index contributed by atoms with van der Waals surface area (Å²) < 4.78 is 30.0. The van der Waals surface area contributed by atoms with E-state index in [4.69, 9.17) is 9.88 Å². The van der Waals surface area contributed by atoms with E-state index in [1.54, 1.807) is 0 Å². The second kappa shape index (κ2) is 9.98. The van der Waals surface area contributed by atoms with Gasteiger partial charge in [-0.2, -0.15) is 12.7 Å². The average Bonchev–Trinajstić information content (AvgIpc) is 2.74. The van der Waals surface area contributed by atoms with Gasteiger partial charge in [-0.1, -0.05) is 60.7 Å². The Morgan fingerprint density at radius 2 is 1.66 bits per heavy atom. The summed E-state index contributed by atoms with van der Waals surface area (Å²) in [7, 11) is -3.70. The van der Waals surface area contributed by atoms with Gasteiger partial charge in [0, 0.05) is 19.0 Å². The number of nitrogens with one attached hydrogen (secondary N) is 1. The molecular formula is C21H27N3O4S. The van der Waals surface area contributed by atoms with Crippen molar-refractivity contribution >= 4 is 16.1 Å². The van der Waals surface area contributed by atoms with E-state index in [9.17, 15) is 13.2 Å². The van der Waals surface area contributed by atoms with Crippen LogP contribution < -0.4 is 10.5 Å². The van der Waals surface area contributed by atoms with Crippen LogP contribution >= 0.6 is 0 Å². The molecule has 0 spiro atoms. The molecule has 1 aliphatic heterocycles. The molecule has 1 atom stereocenters. The Kier molecular flexibility index (Phi) is 7.38. The molecule has 1 unspecified atom stereocenters. The molecule has 0 aliphatic carbocycles. The van der Waals surface area contributed by atoms with Crippen LogP contribution in [0, 0.1) is 5.92 Å². The number of amides is 1. The predicted octanol–water partition coefficient (Wildman–Crippen LogP) is 1.98. The lowest BCUT2D eigenvalue weighted by molar-refractivity contribution is -0.127. The third-order valence-electron chi connectivity index (χ3n) is 5.10. The molecule has 1 fully saturated rings. The summed E-state index contributed by atoms with van der Waals surface area (Å²) in [6.45, 7) is 1.34. The van der Waals surface area contributed by atoms with Crippen LogP contribution in [0.5, 0.6) is 0 Å². The second-order valence-electron chi connectivity index (χ2n) is 7.19. The number of nitrogens with zero attached hydrogens (tertiary/aromatic N) is 1. The Bertz CT molecular complexity index is 883. The lowest BCUT2D eigenvalue weighted by Gasteiger charge is -2.30. The van der Waals surface area contributed by atoms with Crippen LogP contribution in [0.4, 0.5) is 0 Å². The van der Waals surface area contributed by atoms with Crippen molar-refractivity contribution in [2.24, 2.45) is 11.1 Å². The lowest BCUT2D eigenvalue weighted by atomic mass is 9.96. The van der Waals surface area contributed by atoms with Crippen LogP contribution in [0.25, 0.3) is 0 Å². The number of piperidine rings is 1. The zero-order chi connectivity index (χ0) is 20.7. The molecule has 3 rings (SSSR count). The molecule has 0 aromatic heterocycles. The van der Waals surface area contributed by atoms with Gasteiger partial charge in [-0.15, -0.1) is 0 Å². The highest BCUT2D eigenvalue weighted by molar-refractivity contribution is 7.86. The second-order valence-corrected chi connectivity index (χ2v) is 8.74. The molecule has 7 nitrogen and oxygen atoms in total. The average molecular weight is 418 g/mol. The molecule has 1 amide bonds. The fraction of sp³-hybridized carbons (Fsp3) is 0.381. The maximum Gasteiger partial charge on any atom is 0.276 e. The van der Waals surface area contributed by atoms with Crippen LogP contribution in [0.1, 0.15) is 30.0 Å². The summed E-state index contributed by atoms with van der Waals surface area (Å²) in [6, 6.07) is 19.3. The van der Waals surface area contributed by atoms with Gasteiger partial charge in [-0.05, 0) is 24.0 Å². The molecule has 1 aliphatic rings. The molecule has 2 aromatic carbocycles. The van der Waals surface area contributed by atoms with Crippen molar-refractivity contribution in [1.82, 2.24) is 9.62 Å². The number of ether oxygens (including phenoxy) is 1. The van der Waals surface area contributed by atoms with Gasteiger partial charge in [0.25, 0.3) is 10.2 Å². The SMILES string of the molecule is NS(=O)(=O)N1CCC(C(=O)NC(COCc2ccccc2)c2ccccc2)CC1. The largest absolute Gasteiger partial charge is 0.374 e. The number of carbonyl (C=O) groups is 1. The first-order valence-electron chi connectivity index (χ1n) is 9.68. The summed E-state index contributed by atoms with van der Waals surface area (Å²) in [5, 5.41) is 8.25. The monoisotopic (exact) mass is 417 g/mol. The molecule has 156 valence electrons. The molecule has 2 aromatic rings. The fourth-order valence-corrected chi connectivity index (χ4v) is 4.16. The van der Waals surface area contributed by atoms with Crippen molar-refractivity contribution in [2.75, 3.05) is 19.7 Å². The summed E-state index contributed by atoms with van der Waals surface area (Å²) in [6.07, 6.45) is 0.906. The van der Waals surface area contributed by atoms with Gasteiger partial charge < -0.3 is 10.1 Å². The number of rotatable bonds is 8. The molecule has 8 heteroatoms. The summed E-state index contributed by atoms with van der Waals surface area (Å²) >= 11 is 0. The minimum Gasteiger partial charge on any atom is -0.374 e. The topological polar surface area (TPSA) is 102 Å². The Hall–Kier alpha value is -2.26. The highest BCUT2D eigenvalue weighted by Crippen LogP contribution is 2.21. The van der Waals surface area contributed by atoms with Gasteiger partial charge in [-0.25, -0.2) is 5.14 Å². The minimum absolute atomic E-state index is 0.0868. The maximum absolute atomic E-state index is 12.8. The van der Waals surface area contributed by atoms with Crippen LogP contribution in [0.3, 0.4) is 0 Å². The molecule has 0 radical (unpaired) electrons. The third kappa shape index (κ3) is 6.37. The van der Waals surface area contributed by atoms with Gasteiger partial charge in [-0.3, -0.25) is 4.79 Å². The summed E-state index contributed by atoms with van der Waals surface area (Å²) in [4.78, 5) is 12.8. The number of carbonyl (C=O) groups excluding carboxylic acids is 1. The van der Waals surface area contributed by atoms with Crippen molar-refractivity contribution in [3.63, 3.8) is 0 Å². The van der Waals surface area contributed by atoms with Crippen molar-refractivity contribution in [3.05, 3.63) is 71.8 Å². The van der Waals surface area contributed by atoms with Crippen molar-refractivity contribution in [2.45, 2.75) is 25.5 Å². The highest BCUT2D eigenvalue weighted by Gasteiger charge is 2.30. The van der Waals surface area contributed by atoms with E-state index >= 15 is 0 Å². The van der Waals surface area contributed by atoms with E-state index in [0.717, 1.165) is 11.1 Å². The first-order valence-corrected chi connectivity index (χ1v) is 11.2. The minimum atomic E-state index is -3.70. The van der Waals surface area contributed by atoms with E-state index in [-0.39, 0.29) is 31.0 Å². The van der Waals surface area contributed by atoms with E-state index < -0.39 is 10.2 Å². The molecule has 0 bridgehead atoms. The van der Waals surface area contributed by atoms with Gasteiger partial charge in [0.05, 0.1) is 19.3 Å². The van der Waals surface area contributed by atoms with E-state index in [1.807, 2.05) is 60.7 Å². The van der Waals surface area contributed by atoms with Gasteiger partial charge >= 0.3 is 0 Å². The van der Waals surface area contributed by atoms with Crippen LogP contribution in [-0.4, -0.2) is 38.3 Å². The van der Waals surface area contributed by atoms with E-state index in [1.165, 1.54) is 4.31 Å². The van der Waals surface area contributed by atoms with Gasteiger partial charge in [0.1, 0.15) is 0 Å². The molecule has 3 N–H and O–H groups in total. The maximum atomic E-state index is 12.8.